The molecule has 1 amide bonds. The first-order valence-corrected chi connectivity index (χ1v) is 9.57. The molecule has 0 unspecified atom stereocenters. The third-order valence-corrected chi connectivity index (χ3v) is 6.37. The van der Waals surface area contributed by atoms with E-state index in [9.17, 15) is 13.2 Å². The van der Waals surface area contributed by atoms with E-state index in [1.807, 2.05) is 0 Å². The molecule has 1 aromatic rings. The quantitative estimate of drug-likeness (QED) is 0.779. The van der Waals surface area contributed by atoms with E-state index in [2.05, 4.69) is 13.8 Å². The Morgan fingerprint density at radius 1 is 1.35 bits per heavy atom. The normalized spacial score (nSPS) is 19.1. The summed E-state index contributed by atoms with van der Waals surface area (Å²) in [5, 5.41) is 0. The molecule has 1 saturated heterocycles. The number of piperidine rings is 1. The summed E-state index contributed by atoms with van der Waals surface area (Å²) in [6.45, 7) is 7.48. The fourth-order valence-electron chi connectivity index (χ4n) is 2.28. The maximum Gasteiger partial charge on any atom is 0.263 e. The molecule has 7 heteroatoms. The van der Waals surface area contributed by atoms with Gasteiger partial charge in [0.05, 0.1) is 9.77 Å². The molecule has 1 aliphatic rings. The third kappa shape index (κ3) is 3.35. The van der Waals surface area contributed by atoms with Crippen LogP contribution in [0.3, 0.4) is 0 Å². The van der Waals surface area contributed by atoms with Gasteiger partial charge >= 0.3 is 0 Å². The maximum absolute atomic E-state index is 12.4. The molecule has 112 valence electrons. The molecule has 0 bridgehead atoms. The van der Waals surface area contributed by atoms with Crippen molar-refractivity contribution in [2.24, 2.45) is 5.41 Å². The summed E-state index contributed by atoms with van der Waals surface area (Å²) in [6.07, 6.45) is 1.92. The number of hydrogen-bond donors (Lipinski definition) is 0. The predicted octanol–water partition coefficient (Wildman–Crippen LogP) is 3.25. The standard InChI is InChI=1S/C13H18ClNO3S2/c1-9-11(20(14,17)18)8-10(19-9)12(16)15-6-4-13(2,3)5-7-15/h8H,4-7H2,1-3H3. The van der Waals surface area contributed by atoms with Crippen LogP contribution in [0.1, 0.15) is 41.2 Å². The fraction of sp³-hybridized carbons (Fsp3) is 0.615. The van der Waals surface area contributed by atoms with Crippen LogP contribution in [0.2, 0.25) is 0 Å². The minimum atomic E-state index is -3.78. The van der Waals surface area contributed by atoms with E-state index in [0.717, 1.165) is 12.8 Å². The first-order valence-electron chi connectivity index (χ1n) is 6.44. The van der Waals surface area contributed by atoms with Crippen LogP contribution in [0.4, 0.5) is 0 Å². The molecule has 1 aliphatic heterocycles. The number of amides is 1. The molecule has 2 rings (SSSR count). The number of carbonyl (C=O) groups excluding carboxylic acids is 1. The second kappa shape index (κ2) is 5.31. The molecule has 0 spiro atoms. The van der Waals surface area contributed by atoms with E-state index in [1.54, 1.807) is 11.8 Å². The molecule has 4 nitrogen and oxygen atoms in total. The van der Waals surface area contributed by atoms with Gasteiger partial charge in [-0.1, -0.05) is 13.8 Å². The van der Waals surface area contributed by atoms with Crippen molar-refractivity contribution in [3.8, 4) is 0 Å². The van der Waals surface area contributed by atoms with Crippen molar-refractivity contribution in [1.29, 1.82) is 0 Å². The molecular weight excluding hydrogens is 318 g/mol. The Labute approximate surface area is 128 Å². The lowest BCUT2D eigenvalue weighted by Crippen LogP contribution is -2.40. The summed E-state index contributed by atoms with van der Waals surface area (Å²) in [7, 11) is 1.58. The van der Waals surface area contributed by atoms with Crippen molar-refractivity contribution in [3.63, 3.8) is 0 Å². The SMILES string of the molecule is Cc1sc(C(=O)N2CCC(C)(C)CC2)cc1S(=O)(=O)Cl. The molecule has 0 atom stereocenters. The molecule has 0 aliphatic carbocycles. The van der Waals surface area contributed by atoms with Crippen molar-refractivity contribution < 1.29 is 13.2 Å². The Morgan fingerprint density at radius 2 is 1.90 bits per heavy atom. The second-order valence-electron chi connectivity index (χ2n) is 5.93. The molecule has 0 aromatic carbocycles. The Bertz CT molecular complexity index is 624. The molecule has 1 fully saturated rings. The zero-order valence-corrected chi connectivity index (χ0v) is 14.2. The van der Waals surface area contributed by atoms with Gasteiger partial charge in [-0.3, -0.25) is 4.79 Å². The summed E-state index contributed by atoms with van der Waals surface area (Å²) in [5.74, 6) is -0.0971. The number of nitrogens with zero attached hydrogens (tertiary/aromatic N) is 1. The zero-order chi connectivity index (χ0) is 15.1. The van der Waals surface area contributed by atoms with Crippen molar-refractivity contribution in [3.05, 3.63) is 15.8 Å². The van der Waals surface area contributed by atoms with Gasteiger partial charge in [0.15, 0.2) is 0 Å². The van der Waals surface area contributed by atoms with Crippen LogP contribution in [-0.2, 0) is 9.05 Å². The van der Waals surface area contributed by atoms with Crippen molar-refractivity contribution in [2.75, 3.05) is 13.1 Å². The van der Waals surface area contributed by atoms with Gasteiger partial charge in [-0.15, -0.1) is 11.3 Å². The van der Waals surface area contributed by atoms with Crippen molar-refractivity contribution in [1.82, 2.24) is 4.90 Å². The molecule has 0 radical (unpaired) electrons. The van der Waals surface area contributed by atoms with Gasteiger partial charge in [-0.05, 0) is 31.2 Å². The smallest absolute Gasteiger partial charge is 0.263 e. The minimum absolute atomic E-state index is 0.0462. The number of aryl methyl sites for hydroxylation is 1. The molecule has 0 saturated carbocycles. The average Bonchev–Trinajstić information content (AvgIpc) is 2.70. The van der Waals surface area contributed by atoms with E-state index < -0.39 is 9.05 Å². The number of rotatable bonds is 2. The topological polar surface area (TPSA) is 54.5 Å². The molecule has 2 heterocycles. The first-order chi connectivity index (χ1) is 9.10. The molecule has 1 aromatic heterocycles. The highest BCUT2D eigenvalue weighted by atomic mass is 35.7. The highest BCUT2D eigenvalue weighted by Crippen LogP contribution is 2.33. The summed E-state index contributed by atoms with van der Waals surface area (Å²) in [4.78, 5) is 15.2. The zero-order valence-electron chi connectivity index (χ0n) is 11.8. The first kappa shape index (κ1) is 15.8. The number of halogens is 1. The van der Waals surface area contributed by atoms with Gasteiger partial charge in [-0.2, -0.15) is 0 Å². The maximum atomic E-state index is 12.4. The molecule has 0 N–H and O–H groups in total. The van der Waals surface area contributed by atoms with Crippen molar-refractivity contribution >= 4 is 37.0 Å². The average molecular weight is 336 g/mol. The largest absolute Gasteiger partial charge is 0.338 e. The highest BCUT2D eigenvalue weighted by Gasteiger charge is 2.30. The Morgan fingerprint density at radius 3 is 2.35 bits per heavy atom. The van der Waals surface area contributed by atoms with E-state index in [0.29, 0.717) is 22.8 Å². The lowest BCUT2D eigenvalue weighted by Gasteiger charge is -2.36. The lowest BCUT2D eigenvalue weighted by molar-refractivity contribution is 0.0635. The van der Waals surface area contributed by atoms with Crippen molar-refractivity contribution in [2.45, 2.75) is 38.5 Å². The van der Waals surface area contributed by atoms with Crippen LogP contribution in [0.25, 0.3) is 0 Å². The van der Waals surface area contributed by atoms with Gasteiger partial charge in [0, 0.05) is 28.6 Å². The van der Waals surface area contributed by atoms with E-state index >= 15 is 0 Å². The Kier molecular flexibility index (Phi) is 4.19. The summed E-state index contributed by atoms with van der Waals surface area (Å²) < 4.78 is 22.8. The summed E-state index contributed by atoms with van der Waals surface area (Å²) in [5.41, 5.74) is 0.271. The van der Waals surface area contributed by atoms with Gasteiger partial charge in [0.25, 0.3) is 15.0 Å². The van der Waals surface area contributed by atoms with Gasteiger partial charge in [0.1, 0.15) is 0 Å². The van der Waals surface area contributed by atoms with Gasteiger partial charge in [0.2, 0.25) is 0 Å². The molecule has 20 heavy (non-hydrogen) atoms. The second-order valence-corrected chi connectivity index (χ2v) is 9.72. The van der Waals surface area contributed by atoms with Crippen LogP contribution in [0.5, 0.6) is 0 Å². The molecular formula is C13H18ClNO3S2. The highest BCUT2D eigenvalue weighted by molar-refractivity contribution is 8.13. The van der Waals surface area contributed by atoms with Crippen LogP contribution in [-0.4, -0.2) is 32.3 Å². The van der Waals surface area contributed by atoms with Crippen LogP contribution < -0.4 is 0 Å². The minimum Gasteiger partial charge on any atom is -0.338 e. The summed E-state index contributed by atoms with van der Waals surface area (Å²) in [6, 6.07) is 1.39. The monoisotopic (exact) mass is 335 g/mol. The van der Waals surface area contributed by atoms with Crippen LogP contribution in [0.15, 0.2) is 11.0 Å². The Hall–Kier alpha value is -0.590. The number of likely N-dealkylation sites (tertiary alicyclic amines) is 1. The fourth-order valence-corrected chi connectivity index (χ4v) is 4.92. The Balaban J connectivity index is 2.19. The van der Waals surface area contributed by atoms with Gasteiger partial charge in [-0.25, -0.2) is 8.42 Å². The number of hydrogen-bond acceptors (Lipinski definition) is 4. The predicted molar refractivity (Wildman–Crippen MR) is 81.0 cm³/mol. The third-order valence-electron chi connectivity index (χ3n) is 3.75. The van der Waals surface area contributed by atoms with Crippen LogP contribution in [0, 0.1) is 12.3 Å². The number of thiophene rings is 1. The lowest BCUT2D eigenvalue weighted by atomic mass is 9.82. The van der Waals surface area contributed by atoms with Crippen LogP contribution >= 0.6 is 22.0 Å². The van der Waals surface area contributed by atoms with Gasteiger partial charge < -0.3 is 4.90 Å². The van der Waals surface area contributed by atoms with E-state index in [4.69, 9.17) is 10.7 Å². The summed E-state index contributed by atoms with van der Waals surface area (Å²) >= 11 is 1.19. The van der Waals surface area contributed by atoms with E-state index in [-0.39, 0.29) is 16.2 Å². The number of carbonyl (C=O) groups is 1. The van der Waals surface area contributed by atoms with E-state index in [1.165, 1.54) is 17.4 Å².